The zero-order chi connectivity index (χ0) is 14.1. The maximum absolute atomic E-state index is 5.29. The maximum Gasteiger partial charge on any atom is 0.119 e. The lowest BCUT2D eigenvalue weighted by Crippen LogP contribution is -2.07. The first-order valence-electron chi connectivity index (χ1n) is 6.79. The molecule has 1 aliphatic rings. The molecule has 0 radical (unpaired) electrons. The van der Waals surface area contributed by atoms with Crippen molar-refractivity contribution in [3.05, 3.63) is 53.1 Å². The van der Waals surface area contributed by atoms with Crippen molar-refractivity contribution < 1.29 is 9.47 Å². The third-order valence-corrected chi connectivity index (χ3v) is 3.92. The third-order valence-electron chi connectivity index (χ3n) is 3.92. The van der Waals surface area contributed by atoms with Crippen LogP contribution in [0.5, 0.6) is 11.5 Å². The van der Waals surface area contributed by atoms with E-state index in [1.807, 2.05) is 12.1 Å². The van der Waals surface area contributed by atoms with Crippen molar-refractivity contribution >= 4 is 5.69 Å². The molecular formula is C17H19NO2. The van der Waals surface area contributed by atoms with Crippen molar-refractivity contribution in [3.63, 3.8) is 0 Å². The van der Waals surface area contributed by atoms with Gasteiger partial charge in [0.05, 0.1) is 20.3 Å². The zero-order valence-electron chi connectivity index (χ0n) is 12.1. The van der Waals surface area contributed by atoms with E-state index in [1.165, 1.54) is 22.4 Å². The first kappa shape index (κ1) is 12.9. The summed E-state index contributed by atoms with van der Waals surface area (Å²) in [5, 5.41) is 3.58. The fourth-order valence-corrected chi connectivity index (χ4v) is 2.82. The molecule has 0 saturated carbocycles. The van der Waals surface area contributed by atoms with Gasteiger partial charge >= 0.3 is 0 Å². The Balaban J connectivity index is 1.88. The van der Waals surface area contributed by atoms with Crippen LogP contribution in [0.25, 0.3) is 0 Å². The Labute approximate surface area is 119 Å². The van der Waals surface area contributed by atoms with Crippen LogP contribution in [-0.4, -0.2) is 14.2 Å². The second kappa shape index (κ2) is 5.08. The minimum atomic E-state index is 0.322. The van der Waals surface area contributed by atoms with Crippen LogP contribution in [0.15, 0.2) is 36.4 Å². The van der Waals surface area contributed by atoms with Gasteiger partial charge in [0, 0.05) is 5.69 Å². The van der Waals surface area contributed by atoms with E-state index in [1.54, 1.807) is 14.2 Å². The molecule has 1 aliphatic heterocycles. The van der Waals surface area contributed by atoms with Gasteiger partial charge in [0.1, 0.15) is 11.5 Å². The van der Waals surface area contributed by atoms with Gasteiger partial charge in [0.25, 0.3) is 0 Å². The van der Waals surface area contributed by atoms with E-state index in [-0.39, 0.29) is 0 Å². The zero-order valence-corrected chi connectivity index (χ0v) is 12.1. The van der Waals surface area contributed by atoms with E-state index in [0.717, 1.165) is 17.9 Å². The highest BCUT2D eigenvalue weighted by atomic mass is 16.5. The van der Waals surface area contributed by atoms with E-state index in [4.69, 9.17) is 9.47 Å². The van der Waals surface area contributed by atoms with Gasteiger partial charge in [0.15, 0.2) is 0 Å². The summed E-state index contributed by atoms with van der Waals surface area (Å²) in [7, 11) is 3.40. The molecule has 1 N–H and O–H groups in total. The number of aryl methyl sites for hydroxylation is 1. The highest BCUT2D eigenvalue weighted by molar-refractivity contribution is 5.61. The minimum absolute atomic E-state index is 0.322. The van der Waals surface area contributed by atoms with Crippen LogP contribution >= 0.6 is 0 Å². The molecule has 0 fully saturated rings. The molecule has 2 aromatic rings. The van der Waals surface area contributed by atoms with Crippen molar-refractivity contribution in [2.24, 2.45) is 0 Å². The van der Waals surface area contributed by atoms with Crippen molar-refractivity contribution in [3.8, 4) is 11.5 Å². The largest absolute Gasteiger partial charge is 0.497 e. The number of rotatable bonds is 3. The van der Waals surface area contributed by atoms with E-state index < -0.39 is 0 Å². The summed E-state index contributed by atoms with van der Waals surface area (Å²) in [6.07, 6.45) is 0.986. The van der Waals surface area contributed by atoms with Gasteiger partial charge < -0.3 is 14.8 Å². The van der Waals surface area contributed by atoms with Crippen LogP contribution in [0.3, 0.4) is 0 Å². The molecule has 2 aromatic carbocycles. The predicted octanol–water partition coefficient (Wildman–Crippen LogP) is 3.72. The number of nitrogens with one attached hydrogen (secondary N) is 1. The summed E-state index contributed by atoms with van der Waals surface area (Å²) >= 11 is 0. The molecule has 0 aliphatic carbocycles. The van der Waals surface area contributed by atoms with Gasteiger partial charge in [-0.1, -0.05) is 6.07 Å². The molecule has 3 nitrogen and oxygen atoms in total. The van der Waals surface area contributed by atoms with E-state index in [0.29, 0.717) is 6.04 Å². The first-order chi connectivity index (χ1) is 9.71. The second-order valence-electron chi connectivity index (χ2n) is 5.15. The summed E-state index contributed by atoms with van der Waals surface area (Å²) in [5.41, 5.74) is 5.08. The lowest BCUT2D eigenvalue weighted by molar-refractivity contribution is 0.414. The van der Waals surface area contributed by atoms with E-state index in [2.05, 4.69) is 36.5 Å². The van der Waals surface area contributed by atoms with Crippen LogP contribution in [0, 0.1) is 6.92 Å². The minimum Gasteiger partial charge on any atom is -0.497 e. The van der Waals surface area contributed by atoms with Gasteiger partial charge in [0.2, 0.25) is 0 Å². The number of ether oxygens (including phenoxy) is 2. The molecule has 1 unspecified atom stereocenters. The molecule has 0 spiro atoms. The van der Waals surface area contributed by atoms with Gasteiger partial charge in [-0.3, -0.25) is 0 Å². The van der Waals surface area contributed by atoms with Crippen molar-refractivity contribution in [2.75, 3.05) is 19.5 Å². The lowest BCUT2D eigenvalue weighted by atomic mass is 9.98. The molecule has 1 atom stereocenters. The lowest BCUT2D eigenvalue weighted by Gasteiger charge is -2.15. The number of hydrogen-bond donors (Lipinski definition) is 1. The van der Waals surface area contributed by atoms with Crippen LogP contribution in [0.1, 0.15) is 22.7 Å². The Morgan fingerprint density at radius 1 is 1.00 bits per heavy atom. The van der Waals surface area contributed by atoms with Crippen molar-refractivity contribution in [2.45, 2.75) is 19.4 Å². The molecule has 104 valence electrons. The normalized spacial score (nSPS) is 16.4. The Morgan fingerprint density at radius 2 is 1.70 bits per heavy atom. The molecule has 0 aromatic heterocycles. The quantitative estimate of drug-likeness (QED) is 0.921. The standard InChI is InChI=1S/C17H19NO2/c1-11-8-13(19-2)4-6-15(11)17-10-12-9-14(20-3)5-7-16(12)18-17/h4-9,17-18H,10H2,1-3H3. The van der Waals surface area contributed by atoms with Crippen molar-refractivity contribution in [1.29, 1.82) is 0 Å². The number of benzene rings is 2. The molecule has 3 rings (SSSR count). The average molecular weight is 269 g/mol. The number of hydrogen-bond acceptors (Lipinski definition) is 3. The third kappa shape index (κ3) is 2.20. The smallest absolute Gasteiger partial charge is 0.119 e. The summed E-state index contributed by atoms with van der Waals surface area (Å²) in [4.78, 5) is 0. The Morgan fingerprint density at radius 3 is 2.40 bits per heavy atom. The summed E-state index contributed by atoms with van der Waals surface area (Å²) in [6, 6.07) is 12.8. The van der Waals surface area contributed by atoms with Gasteiger partial charge in [-0.25, -0.2) is 0 Å². The summed E-state index contributed by atoms with van der Waals surface area (Å²) in [6.45, 7) is 2.13. The van der Waals surface area contributed by atoms with E-state index in [9.17, 15) is 0 Å². The molecule has 0 saturated heterocycles. The van der Waals surface area contributed by atoms with Crippen LogP contribution in [0.2, 0.25) is 0 Å². The maximum atomic E-state index is 5.29. The number of fused-ring (bicyclic) bond motifs is 1. The number of anilines is 1. The average Bonchev–Trinajstić information content (AvgIpc) is 2.89. The molecule has 20 heavy (non-hydrogen) atoms. The topological polar surface area (TPSA) is 30.5 Å². The molecule has 0 bridgehead atoms. The van der Waals surface area contributed by atoms with Crippen LogP contribution < -0.4 is 14.8 Å². The predicted molar refractivity (Wildman–Crippen MR) is 80.8 cm³/mol. The monoisotopic (exact) mass is 269 g/mol. The fourth-order valence-electron chi connectivity index (χ4n) is 2.82. The summed E-state index contributed by atoms with van der Waals surface area (Å²) in [5.74, 6) is 1.82. The van der Waals surface area contributed by atoms with E-state index >= 15 is 0 Å². The first-order valence-corrected chi connectivity index (χ1v) is 6.79. The molecule has 1 heterocycles. The fraction of sp³-hybridized carbons (Fsp3) is 0.294. The Hall–Kier alpha value is -2.16. The van der Waals surface area contributed by atoms with Gasteiger partial charge in [-0.05, 0) is 60.4 Å². The molecule has 0 amide bonds. The van der Waals surface area contributed by atoms with Crippen LogP contribution in [0.4, 0.5) is 5.69 Å². The summed E-state index contributed by atoms with van der Waals surface area (Å²) < 4.78 is 10.6. The highest BCUT2D eigenvalue weighted by Gasteiger charge is 2.23. The highest BCUT2D eigenvalue weighted by Crippen LogP contribution is 2.37. The van der Waals surface area contributed by atoms with Crippen molar-refractivity contribution in [1.82, 2.24) is 0 Å². The SMILES string of the molecule is COc1ccc(C2Cc3cc(OC)ccc3N2)c(C)c1. The molecule has 3 heteroatoms. The number of methoxy groups -OCH3 is 2. The second-order valence-corrected chi connectivity index (χ2v) is 5.15. The molecular weight excluding hydrogens is 250 g/mol. The Kier molecular flexibility index (Phi) is 3.26. The Bertz CT molecular complexity index is 637. The van der Waals surface area contributed by atoms with Gasteiger partial charge in [-0.15, -0.1) is 0 Å². The van der Waals surface area contributed by atoms with Gasteiger partial charge in [-0.2, -0.15) is 0 Å². The van der Waals surface area contributed by atoms with Crippen LogP contribution in [-0.2, 0) is 6.42 Å².